The van der Waals surface area contributed by atoms with E-state index in [0.29, 0.717) is 24.5 Å². The van der Waals surface area contributed by atoms with Crippen LogP contribution < -0.4 is 10.1 Å². The maximum absolute atomic E-state index is 12.9. The Kier molecular flexibility index (Phi) is 5.36. The molecule has 0 saturated heterocycles. The van der Waals surface area contributed by atoms with Gasteiger partial charge in [-0.1, -0.05) is 42.5 Å². The Morgan fingerprint density at radius 1 is 1.16 bits per heavy atom. The summed E-state index contributed by atoms with van der Waals surface area (Å²) in [6.45, 7) is 2.42. The third-order valence-electron chi connectivity index (χ3n) is 3.70. The second kappa shape index (κ2) is 8.05. The van der Waals surface area contributed by atoms with E-state index in [1.165, 1.54) is 11.0 Å². The van der Waals surface area contributed by atoms with Gasteiger partial charge in [-0.25, -0.2) is 4.68 Å². The third kappa shape index (κ3) is 4.20. The zero-order valence-corrected chi connectivity index (χ0v) is 13.9. The van der Waals surface area contributed by atoms with Gasteiger partial charge in [-0.15, -0.1) is 5.10 Å². The number of para-hydroxylation sites is 2. The molecule has 3 aromatic rings. The molecule has 0 spiro atoms. The number of ether oxygens (including phenoxy) is 1. The minimum absolute atomic E-state index is 0.205. The smallest absolute Gasteiger partial charge is 0.249 e. The van der Waals surface area contributed by atoms with Crippen molar-refractivity contribution in [3.05, 3.63) is 66.5 Å². The zero-order chi connectivity index (χ0) is 17.5. The van der Waals surface area contributed by atoms with E-state index in [2.05, 4.69) is 20.8 Å². The van der Waals surface area contributed by atoms with Crippen LogP contribution in [-0.2, 0) is 11.2 Å². The van der Waals surface area contributed by atoms with Crippen LogP contribution >= 0.6 is 0 Å². The van der Waals surface area contributed by atoms with Crippen molar-refractivity contribution in [3.63, 3.8) is 0 Å². The summed E-state index contributed by atoms with van der Waals surface area (Å²) in [4.78, 5) is 12.9. The van der Waals surface area contributed by atoms with Crippen molar-refractivity contribution in [2.24, 2.45) is 0 Å². The molecule has 1 heterocycles. The number of hydrogen-bond donors (Lipinski definition) is 1. The van der Waals surface area contributed by atoms with E-state index in [1.54, 1.807) is 0 Å². The van der Waals surface area contributed by atoms with Gasteiger partial charge < -0.3 is 10.1 Å². The van der Waals surface area contributed by atoms with Crippen molar-refractivity contribution in [3.8, 4) is 5.75 Å². The van der Waals surface area contributed by atoms with Gasteiger partial charge in [0.25, 0.3) is 0 Å². The van der Waals surface area contributed by atoms with Crippen LogP contribution in [0.5, 0.6) is 5.75 Å². The summed E-state index contributed by atoms with van der Waals surface area (Å²) in [5, 5.41) is 14.1. The fraction of sp³-hybridized carbons (Fsp3) is 0.222. The number of amides is 1. The highest BCUT2D eigenvalue weighted by atomic mass is 16.5. The summed E-state index contributed by atoms with van der Waals surface area (Å²) in [5.41, 5.74) is 1.65. The Balaban J connectivity index is 1.83. The number of anilines is 1. The first kappa shape index (κ1) is 16.6. The van der Waals surface area contributed by atoms with Crippen molar-refractivity contribution < 1.29 is 9.53 Å². The Hall–Kier alpha value is -3.22. The van der Waals surface area contributed by atoms with Gasteiger partial charge in [0.2, 0.25) is 5.91 Å². The molecule has 1 N–H and O–H groups in total. The lowest BCUT2D eigenvalue weighted by Crippen LogP contribution is -2.28. The van der Waals surface area contributed by atoms with Crippen molar-refractivity contribution in [1.82, 2.24) is 20.2 Å². The highest BCUT2D eigenvalue weighted by molar-refractivity contribution is 5.95. The molecule has 1 aromatic heterocycles. The molecule has 2 aromatic carbocycles. The first-order chi connectivity index (χ1) is 12.3. The van der Waals surface area contributed by atoms with Crippen molar-refractivity contribution in [2.45, 2.75) is 19.4 Å². The maximum Gasteiger partial charge on any atom is 0.249 e. The molecule has 128 valence electrons. The van der Waals surface area contributed by atoms with E-state index in [0.717, 1.165) is 5.56 Å². The van der Waals surface area contributed by atoms with Crippen LogP contribution in [0.3, 0.4) is 0 Å². The van der Waals surface area contributed by atoms with Gasteiger partial charge in [-0.05, 0) is 35.0 Å². The van der Waals surface area contributed by atoms with Gasteiger partial charge in [0, 0.05) is 6.42 Å². The predicted octanol–water partition coefficient (Wildman–Crippen LogP) is 2.49. The summed E-state index contributed by atoms with van der Waals surface area (Å²) < 4.78 is 7.03. The van der Waals surface area contributed by atoms with Crippen LogP contribution in [0.1, 0.15) is 18.5 Å². The molecule has 3 rings (SSSR count). The second-order valence-corrected chi connectivity index (χ2v) is 5.41. The number of hydrogen-bond acceptors (Lipinski definition) is 5. The van der Waals surface area contributed by atoms with E-state index >= 15 is 0 Å². The lowest BCUT2D eigenvalue weighted by Gasteiger charge is -2.18. The lowest BCUT2D eigenvalue weighted by atomic mass is 10.1. The van der Waals surface area contributed by atoms with Gasteiger partial charge in [0.05, 0.1) is 12.3 Å². The van der Waals surface area contributed by atoms with Gasteiger partial charge in [-0.2, -0.15) is 0 Å². The molecule has 0 aliphatic carbocycles. The summed E-state index contributed by atoms with van der Waals surface area (Å²) in [5.74, 6) is 0.428. The van der Waals surface area contributed by atoms with Gasteiger partial charge in [0.15, 0.2) is 0 Å². The van der Waals surface area contributed by atoms with Crippen LogP contribution in [0.15, 0.2) is 60.9 Å². The maximum atomic E-state index is 12.9. The standard InChI is InChI=1S/C18H19N5O2/c1-2-25-17-11-7-6-10-15(17)20-18(24)16(23-13-19-21-22-23)12-14-8-4-3-5-9-14/h3-11,13,16H,2,12H2,1H3,(H,20,24)/t16-/m1/s1. The molecular weight excluding hydrogens is 318 g/mol. The van der Waals surface area contributed by atoms with Crippen LogP contribution in [-0.4, -0.2) is 32.7 Å². The predicted molar refractivity (Wildman–Crippen MR) is 93.2 cm³/mol. The number of nitrogens with one attached hydrogen (secondary N) is 1. The summed E-state index contributed by atoms with van der Waals surface area (Å²) >= 11 is 0. The van der Waals surface area contributed by atoms with Crippen molar-refractivity contribution in [1.29, 1.82) is 0 Å². The molecule has 1 amide bonds. The second-order valence-electron chi connectivity index (χ2n) is 5.41. The van der Waals surface area contributed by atoms with Crippen LogP contribution in [0.25, 0.3) is 0 Å². The third-order valence-corrected chi connectivity index (χ3v) is 3.70. The molecule has 7 heteroatoms. The van der Waals surface area contributed by atoms with Gasteiger partial charge >= 0.3 is 0 Å². The first-order valence-electron chi connectivity index (χ1n) is 8.07. The Bertz CT molecular complexity index is 805. The van der Waals surface area contributed by atoms with Crippen LogP contribution in [0.2, 0.25) is 0 Å². The Morgan fingerprint density at radius 3 is 2.64 bits per heavy atom. The number of aromatic nitrogens is 4. The highest BCUT2D eigenvalue weighted by Crippen LogP contribution is 2.25. The van der Waals surface area contributed by atoms with Crippen LogP contribution in [0, 0.1) is 0 Å². The fourth-order valence-electron chi connectivity index (χ4n) is 2.52. The first-order valence-corrected chi connectivity index (χ1v) is 8.07. The molecule has 0 aliphatic rings. The van der Waals surface area contributed by atoms with E-state index < -0.39 is 6.04 Å². The molecule has 0 saturated carbocycles. The highest BCUT2D eigenvalue weighted by Gasteiger charge is 2.23. The quantitative estimate of drug-likeness (QED) is 0.716. The molecular formula is C18H19N5O2. The largest absolute Gasteiger partial charge is 0.492 e. The molecule has 0 unspecified atom stereocenters. The fourth-order valence-corrected chi connectivity index (χ4v) is 2.52. The monoisotopic (exact) mass is 337 g/mol. The molecule has 7 nitrogen and oxygen atoms in total. The topological polar surface area (TPSA) is 81.9 Å². The average molecular weight is 337 g/mol. The van der Waals surface area contributed by atoms with Gasteiger partial charge in [0.1, 0.15) is 18.1 Å². The minimum atomic E-state index is -0.563. The van der Waals surface area contributed by atoms with Crippen molar-refractivity contribution in [2.75, 3.05) is 11.9 Å². The molecule has 25 heavy (non-hydrogen) atoms. The molecule has 0 aliphatic heterocycles. The molecule has 0 fully saturated rings. The van der Waals surface area contributed by atoms with E-state index in [-0.39, 0.29) is 5.91 Å². The van der Waals surface area contributed by atoms with E-state index in [1.807, 2.05) is 61.5 Å². The SMILES string of the molecule is CCOc1ccccc1NC(=O)[C@@H](Cc1ccccc1)n1cnnn1. The number of carbonyl (C=O) groups is 1. The van der Waals surface area contributed by atoms with E-state index in [4.69, 9.17) is 4.74 Å². The Labute approximate surface area is 145 Å². The number of benzene rings is 2. The average Bonchev–Trinajstić information content (AvgIpc) is 3.17. The zero-order valence-electron chi connectivity index (χ0n) is 13.9. The summed E-state index contributed by atoms with van der Waals surface area (Å²) in [6.07, 6.45) is 1.93. The summed E-state index contributed by atoms with van der Waals surface area (Å²) in [7, 11) is 0. The van der Waals surface area contributed by atoms with Crippen LogP contribution in [0.4, 0.5) is 5.69 Å². The summed E-state index contributed by atoms with van der Waals surface area (Å²) in [6, 6.07) is 16.5. The molecule has 0 bridgehead atoms. The number of tetrazole rings is 1. The van der Waals surface area contributed by atoms with Crippen molar-refractivity contribution >= 4 is 11.6 Å². The minimum Gasteiger partial charge on any atom is -0.492 e. The molecule has 0 radical (unpaired) electrons. The Morgan fingerprint density at radius 2 is 1.92 bits per heavy atom. The number of carbonyl (C=O) groups excluding carboxylic acids is 1. The van der Waals surface area contributed by atoms with E-state index in [9.17, 15) is 4.79 Å². The lowest BCUT2D eigenvalue weighted by molar-refractivity contribution is -0.119. The number of rotatable bonds is 7. The molecule has 1 atom stereocenters. The normalized spacial score (nSPS) is 11.7. The number of nitrogens with zero attached hydrogens (tertiary/aromatic N) is 4. The van der Waals surface area contributed by atoms with Gasteiger partial charge in [-0.3, -0.25) is 4.79 Å².